The lowest BCUT2D eigenvalue weighted by Gasteiger charge is -2.33. The number of rotatable bonds is 4. The average Bonchev–Trinajstić information content (AvgIpc) is 2.00. The van der Waals surface area contributed by atoms with E-state index in [2.05, 4.69) is 0 Å². The van der Waals surface area contributed by atoms with Crippen molar-refractivity contribution < 1.29 is 18.4 Å². The Bertz CT molecular complexity index is 310. The van der Waals surface area contributed by atoms with Crippen LogP contribution in [0.1, 0.15) is 20.8 Å². The largest absolute Gasteiger partial charge is 0.289 e. The molecule has 0 radical (unpaired) electrons. The highest BCUT2D eigenvalue weighted by atomic mass is 32.2. The van der Waals surface area contributed by atoms with Crippen molar-refractivity contribution in [3.63, 3.8) is 0 Å². The van der Waals surface area contributed by atoms with Crippen LogP contribution in [0.15, 0.2) is 0 Å². The van der Waals surface area contributed by atoms with Crippen molar-refractivity contribution in [2.45, 2.75) is 26.3 Å². The van der Waals surface area contributed by atoms with Crippen molar-refractivity contribution in [2.75, 3.05) is 12.8 Å². The van der Waals surface area contributed by atoms with E-state index in [0.717, 1.165) is 10.6 Å². The smallest absolute Gasteiger partial charge is 0.264 e. The number of nitrogens with zero attached hydrogens (tertiary/aromatic N) is 1. The molecule has 0 atom stereocenters. The Balaban J connectivity index is 5.14. The summed E-state index contributed by atoms with van der Waals surface area (Å²) in [5.41, 5.74) is 0.153. The number of hydrogen-bond donors (Lipinski definition) is 2. The maximum Gasteiger partial charge on any atom is 0.264 e. The van der Waals surface area contributed by atoms with Gasteiger partial charge in [-0.25, -0.2) is 13.9 Å². The molecule has 0 aliphatic rings. The molecule has 0 aliphatic heterocycles. The van der Waals surface area contributed by atoms with Gasteiger partial charge in [-0.2, -0.15) is 4.31 Å². The van der Waals surface area contributed by atoms with Crippen molar-refractivity contribution in [3.8, 4) is 0 Å². The van der Waals surface area contributed by atoms with Crippen molar-refractivity contribution in [1.82, 2.24) is 9.79 Å². The van der Waals surface area contributed by atoms with Gasteiger partial charge in [-0.15, -0.1) is 0 Å². The Morgan fingerprint density at radius 1 is 1.50 bits per heavy atom. The summed E-state index contributed by atoms with van der Waals surface area (Å²) in [4.78, 5) is 11.2. The van der Waals surface area contributed by atoms with Crippen LogP contribution in [0.2, 0.25) is 0 Å². The number of carbonyl (C=O) groups is 1. The summed E-state index contributed by atoms with van der Waals surface area (Å²) in [5.74, 6) is -0.759. The number of carbonyl (C=O) groups excluding carboxylic acids is 1. The molecule has 0 fully saturated rings. The van der Waals surface area contributed by atoms with Gasteiger partial charge < -0.3 is 0 Å². The van der Waals surface area contributed by atoms with Crippen LogP contribution in [0, 0.1) is 0 Å². The van der Waals surface area contributed by atoms with Gasteiger partial charge in [0.25, 0.3) is 5.91 Å². The van der Waals surface area contributed by atoms with E-state index in [4.69, 9.17) is 5.21 Å². The van der Waals surface area contributed by atoms with Gasteiger partial charge in [-0.1, -0.05) is 6.92 Å². The third-order valence-electron chi connectivity index (χ3n) is 1.97. The van der Waals surface area contributed by atoms with Crippen molar-refractivity contribution in [1.29, 1.82) is 0 Å². The van der Waals surface area contributed by atoms with Crippen LogP contribution in [-0.4, -0.2) is 42.2 Å². The monoisotopic (exact) mass is 224 g/mol. The molecule has 84 valence electrons. The Kier molecular flexibility index (Phi) is 4.04. The molecule has 0 aromatic heterocycles. The minimum absolute atomic E-state index is 0.166. The average molecular weight is 224 g/mol. The number of hydrogen-bond acceptors (Lipinski definition) is 4. The fraction of sp³-hybridized carbons (Fsp3) is 0.857. The second-order valence-corrected chi connectivity index (χ2v) is 5.33. The predicted molar refractivity (Wildman–Crippen MR) is 51.2 cm³/mol. The van der Waals surface area contributed by atoms with Crippen LogP contribution in [0.5, 0.6) is 0 Å². The third-order valence-corrected chi connectivity index (χ3v) is 3.48. The lowest BCUT2D eigenvalue weighted by Crippen LogP contribution is -2.56. The van der Waals surface area contributed by atoms with E-state index in [9.17, 15) is 13.2 Å². The zero-order chi connectivity index (χ0) is 11.6. The lowest BCUT2D eigenvalue weighted by atomic mass is 10.1. The zero-order valence-electron chi connectivity index (χ0n) is 8.73. The zero-order valence-corrected chi connectivity index (χ0v) is 9.55. The van der Waals surface area contributed by atoms with Gasteiger partial charge in [-0.05, 0) is 13.8 Å². The third kappa shape index (κ3) is 2.66. The number of hydroxylamine groups is 1. The van der Waals surface area contributed by atoms with Crippen molar-refractivity contribution in [2.24, 2.45) is 0 Å². The second-order valence-electron chi connectivity index (χ2n) is 3.43. The van der Waals surface area contributed by atoms with Gasteiger partial charge in [0.1, 0.15) is 5.54 Å². The predicted octanol–water partition coefficient (Wildman–Crippen LogP) is -0.448. The topological polar surface area (TPSA) is 86.7 Å². The van der Waals surface area contributed by atoms with E-state index < -0.39 is 21.5 Å². The first kappa shape index (κ1) is 13.3. The van der Waals surface area contributed by atoms with Gasteiger partial charge in [0.2, 0.25) is 10.0 Å². The molecule has 14 heavy (non-hydrogen) atoms. The van der Waals surface area contributed by atoms with E-state index >= 15 is 0 Å². The summed E-state index contributed by atoms with van der Waals surface area (Å²) in [5, 5.41) is 8.46. The van der Waals surface area contributed by atoms with Crippen molar-refractivity contribution in [3.05, 3.63) is 0 Å². The normalized spacial score (nSPS) is 13.0. The molecule has 0 spiro atoms. The highest BCUT2D eigenvalue weighted by Gasteiger charge is 2.38. The summed E-state index contributed by atoms with van der Waals surface area (Å²) in [6.45, 7) is 4.62. The molecule has 0 rings (SSSR count). The first-order valence-corrected chi connectivity index (χ1v) is 5.95. The van der Waals surface area contributed by atoms with Crippen LogP contribution >= 0.6 is 0 Å². The van der Waals surface area contributed by atoms with E-state index in [0.29, 0.717) is 0 Å². The first-order chi connectivity index (χ1) is 6.17. The fourth-order valence-electron chi connectivity index (χ4n) is 1.29. The molecular weight excluding hydrogens is 208 g/mol. The second kappa shape index (κ2) is 4.24. The molecule has 0 bridgehead atoms. The van der Waals surface area contributed by atoms with Gasteiger partial charge >= 0.3 is 0 Å². The molecule has 7 heteroatoms. The molecule has 2 N–H and O–H groups in total. The van der Waals surface area contributed by atoms with E-state index in [-0.39, 0.29) is 6.54 Å². The highest BCUT2D eigenvalue weighted by Crippen LogP contribution is 2.17. The van der Waals surface area contributed by atoms with Crippen LogP contribution in [0.4, 0.5) is 0 Å². The molecule has 0 aromatic rings. The molecule has 1 amide bonds. The molecule has 0 aliphatic carbocycles. The van der Waals surface area contributed by atoms with E-state index in [1.54, 1.807) is 6.92 Å². The van der Waals surface area contributed by atoms with Crippen LogP contribution < -0.4 is 5.48 Å². The fourth-order valence-corrected chi connectivity index (χ4v) is 2.68. The number of likely N-dealkylation sites (N-methyl/N-ethyl adjacent to an activating group) is 1. The minimum atomic E-state index is -3.47. The van der Waals surface area contributed by atoms with Gasteiger partial charge in [0, 0.05) is 6.54 Å². The molecule has 0 unspecified atom stereocenters. The summed E-state index contributed by atoms with van der Waals surface area (Å²) < 4.78 is 23.6. The Morgan fingerprint density at radius 3 is 2.14 bits per heavy atom. The van der Waals surface area contributed by atoms with E-state index in [1.807, 2.05) is 0 Å². The summed E-state index contributed by atoms with van der Waals surface area (Å²) in [7, 11) is -3.47. The Morgan fingerprint density at radius 2 is 1.93 bits per heavy atom. The summed E-state index contributed by atoms with van der Waals surface area (Å²) in [6.07, 6.45) is 1.02. The maximum absolute atomic E-state index is 11.3. The number of sulfonamides is 1. The first-order valence-electron chi connectivity index (χ1n) is 4.10. The van der Waals surface area contributed by atoms with E-state index in [1.165, 1.54) is 19.3 Å². The Labute approximate surface area is 83.9 Å². The SMILES string of the molecule is CCN(C(C)(C)C(=O)NO)S(C)(=O)=O. The standard InChI is InChI=1S/C7H16N2O4S/c1-5-9(14(4,12)13)7(2,3)6(10)8-11/h11H,5H2,1-4H3,(H,8,10). The molecule has 0 saturated carbocycles. The van der Waals surface area contributed by atoms with Crippen LogP contribution in [-0.2, 0) is 14.8 Å². The van der Waals surface area contributed by atoms with Gasteiger partial charge in [-0.3, -0.25) is 10.0 Å². The Hall–Kier alpha value is -0.660. The highest BCUT2D eigenvalue weighted by molar-refractivity contribution is 7.88. The quantitative estimate of drug-likeness (QED) is 0.500. The minimum Gasteiger partial charge on any atom is -0.289 e. The molecule has 6 nitrogen and oxygen atoms in total. The molecular formula is C7H16N2O4S. The van der Waals surface area contributed by atoms with Crippen LogP contribution in [0.25, 0.3) is 0 Å². The molecule has 0 heterocycles. The molecule has 0 aromatic carbocycles. The summed E-state index contributed by atoms with van der Waals surface area (Å²) in [6, 6.07) is 0. The molecule has 0 saturated heterocycles. The van der Waals surface area contributed by atoms with Gasteiger partial charge in [0.05, 0.1) is 6.26 Å². The maximum atomic E-state index is 11.3. The van der Waals surface area contributed by atoms with Crippen LogP contribution in [0.3, 0.4) is 0 Å². The van der Waals surface area contributed by atoms with Gasteiger partial charge in [0.15, 0.2) is 0 Å². The summed E-state index contributed by atoms with van der Waals surface area (Å²) >= 11 is 0. The number of nitrogens with one attached hydrogen (secondary N) is 1. The number of amides is 1. The van der Waals surface area contributed by atoms with Crippen molar-refractivity contribution >= 4 is 15.9 Å². The lowest BCUT2D eigenvalue weighted by molar-refractivity contribution is -0.137.